The molecule has 0 aliphatic carbocycles. The summed E-state index contributed by atoms with van der Waals surface area (Å²) in [4.78, 5) is 17.2. The second kappa shape index (κ2) is 7.01. The van der Waals surface area contributed by atoms with Crippen LogP contribution in [0.25, 0.3) is 0 Å². The van der Waals surface area contributed by atoms with Crippen LogP contribution in [0.3, 0.4) is 0 Å². The maximum absolute atomic E-state index is 12.7. The Morgan fingerprint density at radius 2 is 1.93 bits per heavy atom. The van der Waals surface area contributed by atoms with Crippen molar-refractivity contribution in [2.24, 2.45) is 4.99 Å². The molecule has 2 aliphatic rings. The zero-order chi connectivity index (χ0) is 19.0. The van der Waals surface area contributed by atoms with E-state index in [0.29, 0.717) is 13.2 Å². The first-order chi connectivity index (χ1) is 13.0. The molecule has 0 bridgehead atoms. The zero-order valence-corrected chi connectivity index (χ0v) is 16.3. The standard InChI is InChI=1S/C19H18N2O4S2/c1-2-25-14-9-7-13(8-10-14)18-20-11-15(26-18)12-21-19(22)16-5-3-4-6-17(16)27(21,23)24/h3-10,15H,2,11-12H2,1H3. The predicted molar refractivity (Wildman–Crippen MR) is 105 cm³/mol. The number of hydrogen-bond donors (Lipinski definition) is 0. The third kappa shape index (κ3) is 3.23. The lowest BCUT2D eigenvalue weighted by Gasteiger charge is -2.18. The van der Waals surface area contributed by atoms with Crippen molar-refractivity contribution in [1.82, 2.24) is 4.31 Å². The summed E-state index contributed by atoms with van der Waals surface area (Å²) in [6.45, 7) is 3.13. The van der Waals surface area contributed by atoms with Crippen molar-refractivity contribution < 1.29 is 17.9 Å². The number of carbonyl (C=O) groups excluding carboxylic acids is 1. The van der Waals surface area contributed by atoms with Gasteiger partial charge in [0.15, 0.2) is 0 Å². The summed E-state index contributed by atoms with van der Waals surface area (Å²) in [5, 5.41) is 0.754. The Labute approximate surface area is 162 Å². The van der Waals surface area contributed by atoms with Crippen LogP contribution in [0.4, 0.5) is 0 Å². The first kappa shape index (κ1) is 18.1. The van der Waals surface area contributed by atoms with Crippen molar-refractivity contribution in [3.8, 4) is 5.75 Å². The van der Waals surface area contributed by atoms with E-state index in [1.165, 1.54) is 17.8 Å². The van der Waals surface area contributed by atoms with Gasteiger partial charge in [0.2, 0.25) is 0 Å². The fourth-order valence-corrected chi connectivity index (χ4v) is 5.95. The highest BCUT2D eigenvalue weighted by atomic mass is 32.2. The lowest BCUT2D eigenvalue weighted by atomic mass is 10.2. The van der Waals surface area contributed by atoms with Crippen LogP contribution in [0.1, 0.15) is 22.8 Å². The van der Waals surface area contributed by atoms with Gasteiger partial charge in [-0.1, -0.05) is 23.9 Å². The van der Waals surface area contributed by atoms with Gasteiger partial charge in [0.25, 0.3) is 15.9 Å². The van der Waals surface area contributed by atoms with Gasteiger partial charge in [-0.05, 0) is 43.3 Å². The van der Waals surface area contributed by atoms with Crippen molar-refractivity contribution >= 4 is 32.7 Å². The van der Waals surface area contributed by atoms with Crippen LogP contribution in [-0.2, 0) is 10.0 Å². The SMILES string of the molecule is CCOc1ccc(C2=NCC(CN3C(=O)c4ccccc4S3(=O)=O)S2)cc1. The second-order valence-electron chi connectivity index (χ2n) is 6.18. The van der Waals surface area contributed by atoms with Crippen molar-refractivity contribution in [3.05, 3.63) is 59.7 Å². The first-order valence-electron chi connectivity index (χ1n) is 8.61. The van der Waals surface area contributed by atoms with E-state index in [1.54, 1.807) is 18.2 Å². The van der Waals surface area contributed by atoms with Gasteiger partial charge in [0, 0.05) is 10.8 Å². The van der Waals surface area contributed by atoms with E-state index in [4.69, 9.17) is 4.74 Å². The van der Waals surface area contributed by atoms with Crippen molar-refractivity contribution in [3.63, 3.8) is 0 Å². The molecule has 27 heavy (non-hydrogen) atoms. The Morgan fingerprint density at radius 1 is 1.19 bits per heavy atom. The fraction of sp³-hybridized carbons (Fsp3) is 0.263. The number of rotatable bonds is 5. The van der Waals surface area contributed by atoms with E-state index < -0.39 is 15.9 Å². The van der Waals surface area contributed by atoms with Crippen LogP contribution < -0.4 is 4.74 Å². The summed E-state index contributed by atoms with van der Waals surface area (Å²) in [5.41, 5.74) is 1.21. The number of ether oxygens (including phenoxy) is 1. The van der Waals surface area contributed by atoms with Crippen molar-refractivity contribution in [2.45, 2.75) is 17.1 Å². The average Bonchev–Trinajstić information content (AvgIpc) is 3.21. The van der Waals surface area contributed by atoms with Gasteiger partial charge in [0.1, 0.15) is 10.6 Å². The number of aliphatic imine (C=N–C) groups is 1. The van der Waals surface area contributed by atoms with Crippen LogP contribution in [0, 0.1) is 0 Å². The molecule has 140 valence electrons. The molecule has 0 saturated heterocycles. The smallest absolute Gasteiger partial charge is 0.269 e. The van der Waals surface area contributed by atoms with Crippen LogP contribution in [-0.4, -0.2) is 48.6 Å². The Balaban J connectivity index is 1.46. The molecule has 2 aromatic rings. The Kier molecular flexibility index (Phi) is 4.69. The number of thioether (sulfide) groups is 1. The molecule has 2 aliphatic heterocycles. The molecule has 1 amide bonds. The number of carbonyl (C=O) groups is 1. The van der Waals surface area contributed by atoms with Gasteiger partial charge >= 0.3 is 0 Å². The first-order valence-corrected chi connectivity index (χ1v) is 10.9. The van der Waals surface area contributed by atoms with E-state index in [9.17, 15) is 13.2 Å². The number of nitrogens with zero attached hydrogens (tertiary/aromatic N) is 2. The summed E-state index contributed by atoms with van der Waals surface area (Å²) in [7, 11) is -3.77. The minimum absolute atomic E-state index is 0.0886. The molecule has 2 aromatic carbocycles. The van der Waals surface area contributed by atoms with E-state index in [0.717, 1.165) is 20.7 Å². The third-order valence-corrected chi connectivity index (χ3v) is 7.44. The molecule has 6 nitrogen and oxygen atoms in total. The Hall–Kier alpha value is -2.32. The summed E-state index contributed by atoms with van der Waals surface area (Å²) < 4.78 is 31.8. The monoisotopic (exact) mass is 402 g/mol. The minimum atomic E-state index is -3.77. The fourth-order valence-electron chi connectivity index (χ4n) is 3.13. The number of hydrogen-bond acceptors (Lipinski definition) is 6. The largest absolute Gasteiger partial charge is 0.494 e. The summed E-state index contributed by atoms with van der Waals surface area (Å²) in [5.74, 6) is 0.341. The molecule has 1 unspecified atom stereocenters. The molecule has 0 radical (unpaired) electrons. The van der Waals surface area contributed by atoms with E-state index >= 15 is 0 Å². The van der Waals surface area contributed by atoms with E-state index in [-0.39, 0.29) is 22.3 Å². The van der Waals surface area contributed by atoms with Gasteiger partial charge < -0.3 is 4.74 Å². The maximum Gasteiger partial charge on any atom is 0.269 e. The number of benzene rings is 2. The van der Waals surface area contributed by atoms with Crippen LogP contribution >= 0.6 is 11.8 Å². The van der Waals surface area contributed by atoms with Gasteiger partial charge in [-0.2, -0.15) is 0 Å². The van der Waals surface area contributed by atoms with Crippen molar-refractivity contribution in [1.29, 1.82) is 0 Å². The molecule has 0 N–H and O–H groups in total. The Bertz CT molecular complexity index is 1020. The molecule has 8 heteroatoms. The summed E-state index contributed by atoms with van der Waals surface area (Å²) in [6.07, 6.45) is 0. The zero-order valence-electron chi connectivity index (χ0n) is 14.7. The number of fused-ring (bicyclic) bond motifs is 1. The molecule has 0 spiro atoms. The number of sulfonamides is 1. The highest BCUT2D eigenvalue weighted by molar-refractivity contribution is 8.15. The average molecular weight is 402 g/mol. The molecule has 0 saturated carbocycles. The number of amides is 1. The third-order valence-electron chi connectivity index (χ3n) is 4.41. The van der Waals surface area contributed by atoms with Crippen LogP contribution in [0.5, 0.6) is 5.75 Å². The van der Waals surface area contributed by atoms with Gasteiger partial charge in [-0.25, -0.2) is 12.7 Å². The van der Waals surface area contributed by atoms with Gasteiger partial charge in [-0.3, -0.25) is 9.79 Å². The molecule has 2 heterocycles. The second-order valence-corrected chi connectivity index (χ2v) is 9.30. The molecule has 4 rings (SSSR count). The molecular weight excluding hydrogens is 384 g/mol. The van der Waals surface area contributed by atoms with E-state index in [1.807, 2.05) is 31.2 Å². The van der Waals surface area contributed by atoms with Crippen LogP contribution in [0.15, 0.2) is 58.4 Å². The van der Waals surface area contributed by atoms with Crippen molar-refractivity contribution in [2.75, 3.05) is 19.7 Å². The molecular formula is C19H18N2O4S2. The topological polar surface area (TPSA) is 76.0 Å². The summed E-state index contributed by atoms with van der Waals surface area (Å²) >= 11 is 1.50. The molecule has 0 aromatic heterocycles. The van der Waals surface area contributed by atoms with Crippen LogP contribution in [0.2, 0.25) is 0 Å². The maximum atomic E-state index is 12.7. The Morgan fingerprint density at radius 3 is 2.63 bits per heavy atom. The normalized spacial score (nSPS) is 20.5. The summed E-state index contributed by atoms with van der Waals surface area (Å²) in [6, 6.07) is 14.0. The molecule has 0 fully saturated rings. The van der Waals surface area contributed by atoms with Gasteiger partial charge in [-0.15, -0.1) is 0 Å². The predicted octanol–water partition coefficient (Wildman–Crippen LogP) is 2.79. The van der Waals surface area contributed by atoms with Gasteiger partial charge in [0.05, 0.1) is 30.3 Å². The van der Waals surface area contributed by atoms with E-state index in [2.05, 4.69) is 4.99 Å². The lowest BCUT2D eigenvalue weighted by molar-refractivity contribution is 0.0872. The highest BCUT2D eigenvalue weighted by Crippen LogP contribution is 2.33. The lowest BCUT2D eigenvalue weighted by Crippen LogP contribution is -2.36. The minimum Gasteiger partial charge on any atom is -0.494 e. The highest BCUT2D eigenvalue weighted by Gasteiger charge is 2.42. The quantitative estimate of drug-likeness (QED) is 0.769. The molecule has 1 atom stereocenters.